The maximum atomic E-state index is 11.4. The van der Waals surface area contributed by atoms with Crippen LogP contribution in [0.2, 0.25) is 0 Å². The first-order valence-corrected chi connectivity index (χ1v) is 8.51. The van der Waals surface area contributed by atoms with Crippen LogP contribution in [-0.2, 0) is 0 Å². The van der Waals surface area contributed by atoms with Gasteiger partial charge in [0.2, 0.25) is 0 Å². The van der Waals surface area contributed by atoms with Crippen LogP contribution in [0.4, 0.5) is 0 Å². The third-order valence-corrected chi connectivity index (χ3v) is 4.76. The maximum absolute atomic E-state index is 11.4. The Bertz CT molecular complexity index is 1010. The molecule has 2 aromatic heterocycles. The quantitative estimate of drug-likeness (QED) is 0.516. The van der Waals surface area contributed by atoms with Gasteiger partial charge in [0, 0.05) is 17.8 Å². The predicted molar refractivity (Wildman–Crippen MR) is 100 cm³/mol. The lowest BCUT2D eigenvalue weighted by Gasteiger charge is -2.09. The number of nitrogens with one attached hydrogen (secondary N) is 1. The number of fused-ring (bicyclic) bond motifs is 1. The van der Waals surface area contributed by atoms with Crippen LogP contribution >= 0.6 is 11.3 Å². The summed E-state index contributed by atoms with van der Waals surface area (Å²) in [6, 6.07) is 7.80. The molecule has 130 valence electrons. The highest BCUT2D eigenvalue weighted by molar-refractivity contribution is 7.16. The summed E-state index contributed by atoms with van der Waals surface area (Å²) in [6.45, 7) is 1.83. The molecule has 0 saturated carbocycles. The smallest absolute Gasteiger partial charge is 0.305 e. The van der Waals surface area contributed by atoms with Gasteiger partial charge in [-0.15, -0.1) is 0 Å². The first-order valence-electron chi connectivity index (χ1n) is 7.69. The molecule has 25 heavy (non-hydrogen) atoms. The van der Waals surface area contributed by atoms with Crippen LogP contribution < -0.4 is 16.3 Å². The molecule has 3 aromatic rings. The number of nitrogens with zero attached hydrogens (tertiary/aromatic N) is 2. The van der Waals surface area contributed by atoms with Crippen molar-refractivity contribution in [3.63, 3.8) is 0 Å². The molecule has 1 unspecified atom stereocenters. The minimum absolute atomic E-state index is 0.0497. The SMILES string of the molecule is CC(c1ccc2[nH]c(=O)sc2c1)c1ccn(/C(N)=C/C=C(\N)CO)n1. The van der Waals surface area contributed by atoms with Gasteiger partial charge in [-0.1, -0.05) is 24.3 Å². The molecule has 6 N–H and O–H groups in total. The molecular formula is C17H19N5O2S. The topological polar surface area (TPSA) is 123 Å². The number of allylic oxidation sites excluding steroid dienone is 2. The van der Waals surface area contributed by atoms with Crippen LogP contribution in [0, 0.1) is 0 Å². The summed E-state index contributed by atoms with van der Waals surface area (Å²) in [6.07, 6.45) is 4.91. The van der Waals surface area contributed by atoms with E-state index in [1.54, 1.807) is 23.0 Å². The van der Waals surface area contributed by atoms with E-state index in [1.165, 1.54) is 11.3 Å². The van der Waals surface area contributed by atoms with Crippen molar-refractivity contribution >= 4 is 27.4 Å². The summed E-state index contributed by atoms with van der Waals surface area (Å²) in [4.78, 5) is 14.2. The molecule has 0 amide bonds. The molecule has 7 nitrogen and oxygen atoms in total. The molecule has 0 fully saturated rings. The first kappa shape index (κ1) is 17.0. The lowest BCUT2D eigenvalue weighted by Crippen LogP contribution is -2.08. The van der Waals surface area contributed by atoms with Gasteiger partial charge in [0.1, 0.15) is 5.82 Å². The van der Waals surface area contributed by atoms with Gasteiger partial charge >= 0.3 is 4.87 Å². The molecule has 2 heterocycles. The van der Waals surface area contributed by atoms with Gasteiger partial charge in [-0.2, -0.15) is 5.10 Å². The zero-order valence-electron chi connectivity index (χ0n) is 13.6. The number of thiazole rings is 1. The van der Waals surface area contributed by atoms with Crippen molar-refractivity contribution in [1.82, 2.24) is 14.8 Å². The number of aromatic nitrogens is 3. The number of aliphatic hydroxyl groups excluding tert-OH is 1. The van der Waals surface area contributed by atoms with Crippen molar-refractivity contribution in [1.29, 1.82) is 0 Å². The molecule has 1 atom stereocenters. The summed E-state index contributed by atoms with van der Waals surface area (Å²) in [5.41, 5.74) is 14.6. The van der Waals surface area contributed by atoms with Gasteiger partial charge in [0.25, 0.3) is 0 Å². The van der Waals surface area contributed by atoms with E-state index in [4.69, 9.17) is 16.6 Å². The monoisotopic (exact) mass is 357 g/mol. The molecule has 0 saturated heterocycles. The Morgan fingerprint density at radius 3 is 2.96 bits per heavy atom. The number of aromatic amines is 1. The van der Waals surface area contributed by atoms with Crippen LogP contribution in [0.1, 0.15) is 24.1 Å². The van der Waals surface area contributed by atoms with Gasteiger partial charge in [0.15, 0.2) is 0 Å². The molecule has 8 heteroatoms. The van der Waals surface area contributed by atoms with Gasteiger partial charge in [0.05, 0.1) is 22.5 Å². The van der Waals surface area contributed by atoms with Crippen LogP contribution in [0.5, 0.6) is 0 Å². The molecule has 1 aromatic carbocycles. The molecule has 0 aliphatic carbocycles. The highest BCUT2D eigenvalue weighted by Gasteiger charge is 2.13. The summed E-state index contributed by atoms with van der Waals surface area (Å²) in [7, 11) is 0. The number of hydrogen-bond donors (Lipinski definition) is 4. The zero-order valence-corrected chi connectivity index (χ0v) is 14.5. The maximum Gasteiger partial charge on any atom is 0.305 e. The number of aliphatic hydroxyl groups is 1. The third-order valence-electron chi connectivity index (χ3n) is 3.91. The molecule has 0 spiro atoms. The van der Waals surface area contributed by atoms with Crippen molar-refractivity contribution < 1.29 is 5.11 Å². The number of benzene rings is 1. The van der Waals surface area contributed by atoms with Gasteiger partial charge in [-0.25, -0.2) is 4.68 Å². The number of nitrogens with two attached hydrogens (primary N) is 2. The average molecular weight is 357 g/mol. The lowest BCUT2D eigenvalue weighted by molar-refractivity contribution is 0.330. The van der Waals surface area contributed by atoms with E-state index < -0.39 is 0 Å². The minimum Gasteiger partial charge on any atom is -0.400 e. The van der Waals surface area contributed by atoms with E-state index in [1.807, 2.05) is 31.2 Å². The second-order valence-corrected chi connectivity index (χ2v) is 6.68. The Balaban J connectivity index is 1.86. The summed E-state index contributed by atoms with van der Waals surface area (Å²) in [5, 5.41) is 13.4. The fraction of sp³-hybridized carbons (Fsp3) is 0.176. The first-order chi connectivity index (χ1) is 12.0. The Kier molecular flexibility index (Phi) is 4.73. The fourth-order valence-corrected chi connectivity index (χ4v) is 3.22. The van der Waals surface area contributed by atoms with Crippen LogP contribution in [-0.4, -0.2) is 26.5 Å². The van der Waals surface area contributed by atoms with E-state index in [0.717, 1.165) is 21.5 Å². The van der Waals surface area contributed by atoms with Gasteiger partial charge in [-0.05, 0) is 35.9 Å². The van der Waals surface area contributed by atoms with Crippen molar-refractivity contribution in [2.45, 2.75) is 12.8 Å². The van der Waals surface area contributed by atoms with Gasteiger partial charge < -0.3 is 21.6 Å². The minimum atomic E-state index is -0.223. The number of rotatable bonds is 5. The van der Waals surface area contributed by atoms with Crippen molar-refractivity contribution in [3.8, 4) is 0 Å². The van der Waals surface area contributed by atoms with E-state index in [2.05, 4.69) is 10.1 Å². The van der Waals surface area contributed by atoms with Crippen LogP contribution in [0.3, 0.4) is 0 Å². The molecule has 0 radical (unpaired) electrons. The fourth-order valence-electron chi connectivity index (χ4n) is 2.44. The van der Waals surface area contributed by atoms with Crippen molar-refractivity contribution in [3.05, 3.63) is 69.2 Å². The molecule has 0 aliphatic heterocycles. The lowest BCUT2D eigenvalue weighted by atomic mass is 9.98. The third kappa shape index (κ3) is 3.65. The predicted octanol–water partition coefficient (Wildman–Crippen LogP) is 1.53. The standard InChI is InChI=1S/C17H19N5O2S/c1-10(11-2-4-14-15(8-11)25-17(24)20-14)13-6-7-22(21-13)16(19)5-3-12(18)9-23/h2-8,10,23H,9,18-19H2,1H3,(H,20,24)/b12-3-,16-5+. The summed E-state index contributed by atoms with van der Waals surface area (Å²) in [5.74, 6) is 0.447. The Hall–Kier alpha value is -2.84. The van der Waals surface area contributed by atoms with Crippen LogP contribution in [0.15, 0.2) is 53.1 Å². The Morgan fingerprint density at radius 1 is 1.40 bits per heavy atom. The second-order valence-electron chi connectivity index (χ2n) is 5.67. The van der Waals surface area contributed by atoms with E-state index in [9.17, 15) is 4.79 Å². The van der Waals surface area contributed by atoms with E-state index in [-0.39, 0.29) is 17.4 Å². The average Bonchev–Trinajstić information content (AvgIpc) is 3.23. The second kappa shape index (κ2) is 6.96. The van der Waals surface area contributed by atoms with Crippen molar-refractivity contribution in [2.24, 2.45) is 11.5 Å². The van der Waals surface area contributed by atoms with Crippen LogP contribution in [0.25, 0.3) is 16.0 Å². The normalized spacial score (nSPS) is 14.2. The molecule has 0 bridgehead atoms. The highest BCUT2D eigenvalue weighted by Crippen LogP contribution is 2.26. The number of H-pyrrole nitrogens is 1. The molecular weight excluding hydrogens is 338 g/mol. The Labute approximate surface area is 147 Å². The zero-order chi connectivity index (χ0) is 18.0. The van der Waals surface area contributed by atoms with E-state index >= 15 is 0 Å². The number of hydrogen-bond acceptors (Lipinski definition) is 6. The van der Waals surface area contributed by atoms with Gasteiger partial charge in [-0.3, -0.25) is 4.79 Å². The summed E-state index contributed by atoms with van der Waals surface area (Å²) < 4.78 is 2.48. The highest BCUT2D eigenvalue weighted by atomic mass is 32.1. The largest absolute Gasteiger partial charge is 0.400 e. The summed E-state index contributed by atoms with van der Waals surface area (Å²) >= 11 is 1.20. The molecule has 0 aliphatic rings. The van der Waals surface area contributed by atoms with Crippen molar-refractivity contribution in [2.75, 3.05) is 6.61 Å². The molecule has 3 rings (SSSR count). The van der Waals surface area contributed by atoms with E-state index in [0.29, 0.717) is 11.5 Å². The Morgan fingerprint density at radius 2 is 2.20 bits per heavy atom.